The third-order valence-corrected chi connectivity index (χ3v) is 4.20. The zero-order chi connectivity index (χ0) is 19.1. The van der Waals surface area contributed by atoms with Crippen molar-refractivity contribution in [3.8, 4) is 0 Å². The maximum absolute atomic E-state index is 13.1. The third kappa shape index (κ3) is 4.97. The van der Waals surface area contributed by atoms with E-state index < -0.39 is 24.1 Å². The second-order valence-electron chi connectivity index (χ2n) is 6.69. The monoisotopic (exact) mass is 362 g/mol. The zero-order valence-electron chi connectivity index (χ0n) is 15.4. The number of esters is 1. The summed E-state index contributed by atoms with van der Waals surface area (Å²) >= 11 is 0. The van der Waals surface area contributed by atoms with E-state index in [2.05, 4.69) is 5.32 Å². The molecule has 0 radical (unpaired) electrons. The molecule has 0 unspecified atom stereocenters. The van der Waals surface area contributed by atoms with Crippen LogP contribution in [0.4, 0.5) is 4.79 Å². The predicted octanol–water partition coefficient (Wildman–Crippen LogP) is 2.27. The van der Waals surface area contributed by atoms with Gasteiger partial charge in [-0.2, -0.15) is 0 Å². The molecule has 1 aliphatic heterocycles. The molecule has 142 valence electrons. The van der Waals surface area contributed by atoms with Crippen molar-refractivity contribution in [1.29, 1.82) is 0 Å². The zero-order valence-corrected chi connectivity index (χ0v) is 15.4. The van der Waals surface area contributed by atoms with Gasteiger partial charge in [-0.15, -0.1) is 0 Å². The van der Waals surface area contributed by atoms with Gasteiger partial charge >= 0.3 is 12.1 Å². The Kier molecular flexibility index (Phi) is 7.00. The van der Waals surface area contributed by atoms with Gasteiger partial charge in [0.1, 0.15) is 12.1 Å². The maximum atomic E-state index is 13.1. The number of carbonyl (C=O) groups is 3. The van der Waals surface area contributed by atoms with Crippen LogP contribution in [0.1, 0.15) is 38.3 Å². The van der Waals surface area contributed by atoms with Crippen molar-refractivity contribution >= 4 is 18.0 Å². The molecule has 0 aliphatic carbocycles. The number of benzene rings is 1. The molecule has 26 heavy (non-hydrogen) atoms. The SMILES string of the molecule is COC(=O)[C@@H]1CCCN1C(=O)[C@H](NC(=O)OCC(C)C)c1ccccc1. The molecule has 1 aliphatic rings. The van der Waals surface area contributed by atoms with Crippen LogP contribution in [0.25, 0.3) is 0 Å². The van der Waals surface area contributed by atoms with Gasteiger partial charge in [-0.1, -0.05) is 44.2 Å². The first kappa shape index (κ1) is 19.8. The van der Waals surface area contributed by atoms with E-state index >= 15 is 0 Å². The highest BCUT2D eigenvalue weighted by Gasteiger charge is 2.38. The fraction of sp³-hybridized carbons (Fsp3) is 0.526. The summed E-state index contributed by atoms with van der Waals surface area (Å²) in [6, 6.07) is 7.39. The lowest BCUT2D eigenvalue weighted by Gasteiger charge is -2.28. The number of amides is 2. The molecule has 0 spiro atoms. The van der Waals surface area contributed by atoms with E-state index in [1.54, 1.807) is 24.3 Å². The molecule has 1 N–H and O–H groups in total. The van der Waals surface area contributed by atoms with Crippen LogP contribution in [0.3, 0.4) is 0 Å². The minimum absolute atomic E-state index is 0.189. The van der Waals surface area contributed by atoms with Crippen LogP contribution in [-0.4, -0.2) is 49.2 Å². The summed E-state index contributed by atoms with van der Waals surface area (Å²) in [5.74, 6) is -0.593. The molecule has 7 heteroatoms. The van der Waals surface area contributed by atoms with E-state index in [1.165, 1.54) is 12.0 Å². The molecule has 1 fully saturated rings. The van der Waals surface area contributed by atoms with Gasteiger partial charge in [-0.25, -0.2) is 9.59 Å². The quantitative estimate of drug-likeness (QED) is 0.785. The van der Waals surface area contributed by atoms with Crippen LogP contribution in [-0.2, 0) is 19.1 Å². The number of methoxy groups -OCH3 is 1. The minimum atomic E-state index is -0.916. The Hall–Kier alpha value is -2.57. The summed E-state index contributed by atoms with van der Waals surface area (Å²) in [5.41, 5.74) is 0.634. The minimum Gasteiger partial charge on any atom is -0.467 e. The van der Waals surface area contributed by atoms with Crippen LogP contribution in [0.2, 0.25) is 0 Å². The molecule has 1 saturated heterocycles. The van der Waals surface area contributed by atoms with E-state index in [0.717, 1.165) is 0 Å². The molecular weight excluding hydrogens is 336 g/mol. The van der Waals surface area contributed by atoms with Crippen LogP contribution in [0, 0.1) is 5.92 Å². The maximum Gasteiger partial charge on any atom is 0.408 e. The highest BCUT2D eigenvalue weighted by molar-refractivity contribution is 5.91. The highest BCUT2D eigenvalue weighted by atomic mass is 16.5. The number of hydrogen-bond donors (Lipinski definition) is 1. The van der Waals surface area contributed by atoms with Gasteiger partial charge < -0.3 is 19.7 Å². The Morgan fingerprint density at radius 2 is 1.92 bits per heavy atom. The number of ether oxygens (including phenoxy) is 2. The van der Waals surface area contributed by atoms with E-state index in [9.17, 15) is 14.4 Å². The lowest BCUT2D eigenvalue weighted by molar-refractivity contribution is -0.151. The van der Waals surface area contributed by atoms with Crippen molar-refractivity contribution < 1.29 is 23.9 Å². The largest absolute Gasteiger partial charge is 0.467 e. The highest BCUT2D eigenvalue weighted by Crippen LogP contribution is 2.24. The number of alkyl carbamates (subject to hydrolysis) is 1. The molecule has 0 saturated carbocycles. The summed E-state index contributed by atoms with van der Waals surface area (Å²) in [6.07, 6.45) is 0.609. The van der Waals surface area contributed by atoms with Crippen LogP contribution < -0.4 is 5.32 Å². The lowest BCUT2D eigenvalue weighted by Crippen LogP contribution is -2.47. The molecule has 1 aromatic rings. The van der Waals surface area contributed by atoms with E-state index in [0.29, 0.717) is 24.9 Å². The number of carbonyl (C=O) groups excluding carboxylic acids is 3. The third-order valence-electron chi connectivity index (χ3n) is 4.20. The predicted molar refractivity (Wildman–Crippen MR) is 95.3 cm³/mol. The van der Waals surface area contributed by atoms with Crippen LogP contribution >= 0.6 is 0 Å². The number of nitrogens with zero attached hydrogens (tertiary/aromatic N) is 1. The van der Waals surface area contributed by atoms with Crippen molar-refractivity contribution in [2.24, 2.45) is 5.92 Å². The van der Waals surface area contributed by atoms with Gasteiger partial charge in [0.2, 0.25) is 0 Å². The van der Waals surface area contributed by atoms with Crippen LogP contribution in [0.5, 0.6) is 0 Å². The normalized spacial score (nSPS) is 17.7. The summed E-state index contributed by atoms with van der Waals surface area (Å²) in [4.78, 5) is 38.7. The summed E-state index contributed by atoms with van der Waals surface area (Å²) in [6.45, 7) is 4.57. The van der Waals surface area contributed by atoms with E-state index in [4.69, 9.17) is 9.47 Å². The Morgan fingerprint density at radius 1 is 1.23 bits per heavy atom. The van der Waals surface area contributed by atoms with Gasteiger partial charge in [0, 0.05) is 6.54 Å². The van der Waals surface area contributed by atoms with Gasteiger partial charge in [0.15, 0.2) is 0 Å². The van der Waals surface area contributed by atoms with E-state index in [1.807, 2.05) is 19.9 Å². The Morgan fingerprint density at radius 3 is 2.54 bits per heavy atom. The molecule has 1 aromatic carbocycles. The second-order valence-corrected chi connectivity index (χ2v) is 6.69. The second kappa shape index (κ2) is 9.22. The average Bonchev–Trinajstić information content (AvgIpc) is 3.13. The molecule has 7 nitrogen and oxygen atoms in total. The van der Waals surface area contributed by atoms with Crippen molar-refractivity contribution in [2.45, 2.75) is 38.8 Å². The van der Waals surface area contributed by atoms with Gasteiger partial charge in [-0.3, -0.25) is 4.79 Å². The summed E-state index contributed by atoms with van der Waals surface area (Å²) in [5, 5.41) is 2.64. The average molecular weight is 362 g/mol. The molecule has 1 heterocycles. The molecule has 2 rings (SSSR count). The van der Waals surface area contributed by atoms with E-state index in [-0.39, 0.29) is 18.4 Å². The van der Waals surface area contributed by atoms with Crippen LogP contribution in [0.15, 0.2) is 30.3 Å². The van der Waals surface area contributed by atoms with Crippen molar-refractivity contribution in [2.75, 3.05) is 20.3 Å². The van der Waals surface area contributed by atoms with Crippen molar-refractivity contribution in [1.82, 2.24) is 10.2 Å². The van der Waals surface area contributed by atoms with Crippen molar-refractivity contribution in [3.05, 3.63) is 35.9 Å². The lowest BCUT2D eigenvalue weighted by atomic mass is 10.1. The summed E-state index contributed by atoms with van der Waals surface area (Å²) in [7, 11) is 1.31. The molecule has 2 atom stereocenters. The first-order valence-corrected chi connectivity index (χ1v) is 8.80. The fourth-order valence-electron chi connectivity index (χ4n) is 2.91. The Balaban J connectivity index is 2.19. The molecular formula is C19H26N2O5. The Bertz CT molecular complexity index is 632. The molecule has 0 aromatic heterocycles. The first-order chi connectivity index (χ1) is 12.4. The number of likely N-dealkylation sites (tertiary alicyclic amines) is 1. The smallest absolute Gasteiger partial charge is 0.408 e. The van der Waals surface area contributed by atoms with Gasteiger partial charge in [0.05, 0.1) is 13.7 Å². The molecule has 0 bridgehead atoms. The standard InChI is InChI=1S/C19H26N2O5/c1-13(2)12-26-19(24)20-16(14-8-5-4-6-9-14)17(22)21-11-7-10-15(21)18(23)25-3/h4-6,8-9,13,15-16H,7,10-12H2,1-3H3,(H,20,24)/t15-,16+/m0/s1. The fourth-order valence-corrected chi connectivity index (χ4v) is 2.91. The number of hydrogen-bond acceptors (Lipinski definition) is 5. The van der Waals surface area contributed by atoms with Gasteiger partial charge in [-0.05, 0) is 24.3 Å². The summed E-state index contributed by atoms with van der Waals surface area (Å²) < 4.78 is 9.95. The number of nitrogens with one attached hydrogen (secondary N) is 1. The number of rotatable bonds is 6. The topological polar surface area (TPSA) is 84.9 Å². The van der Waals surface area contributed by atoms with Gasteiger partial charge in [0.25, 0.3) is 5.91 Å². The molecule has 2 amide bonds. The van der Waals surface area contributed by atoms with Crippen molar-refractivity contribution in [3.63, 3.8) is 0 Å². The first-order valence-electron chi connectivity index (χ1n) is 8.80. The Labute approximate surface area is 153 Å².